The van der Waals surface area contributed by atoms with Crippen molar-refractivity contribution in [1.29, 1.82) is 0 Å². The number of halogens is 3. The van der Waals surface area contributed by atoms with Crippen LogP contribution in [0.25, 0.3) is 10.9 Å². The van der Waals surface area contributed by atoms with Gasteiger partial charge in [0.15, 0.2) is 6.29 Å². The molecule has 2 aromatic rings. The third kappa shape index (κ3) is 1.89. The van der Waals surface area contributed by atoms with E-state index in [0.717, 1.165) is 6.07 Å². The molecule has 0 aliphatic heterocycles. The summed E-state index contributed by atoms with van der Waals surface area (Å²) in [6.07, 6.45) is -2.52. The van der Waals surface area contributed by atoms with Gasteiger partial charge in [-0.3, -0.25) is 4.79 Å². The van der Waals surface area contributed by atoms with Gasteiger partial charge in [-0.15, -0.1) is 0 Å². The van der Waals surface area contributed by atoms with Gasteiger partial charge < -0.3 is 4.57 Å². The van der Waals surface area contributed by atoms with Crippen LogP contribution in [0.4, 0.5) is 13.2 Å². The fourth-order valence-electron chi connectivity index (χ4n) is 2.10. The Morgan fingerprint density at radius 2 is 1.94 bits per heavy atom. The van der Waals surface area contributed by atoms with Crippen LogP contribution < -0.4 is 0 Å². The molecule has 0 bridgehead atoms. The first-order valence-corrected chi connectivity index (χ1v) is 5.52. The van der Waals surface area contributed by atoms with Crippen LogP contribution in [0.15, 0.2) is 24.4 Å². The van der Waals surface area contributed by atoms with Gasteiger partial charge in [-0.1, -0.05) is 6.07 Å². The molecule has 0 aliphatic rings. The van der Waals surface area contributed by atoms with Gasteiger partial charge in [0.1, 0.15) is 0 Å². The van der Waals surface area contributed by atoms with E-state index in [-0.39, 0.29) is 17.0 Å². The lowest BCUT2D eigenvalue weighted by Gasteiger charge is -2.11. The van der Waals surface area contributed by atoms with Gasteiger partial charge in [0.25, 0.3) is 0 Å². The summed E-state index contributed by atoms with van der Waals surface area (Å²) in [7, 11) is 0. The molecule has 0 aliphatic carbocycles. The quantitative estimate of drug-likeness (QED) is 0.742. The second-order valence-electron chi connectivity index (χ2n) is 4.40. The fraction of sp³-hybridized carbons (Fsp3) is 0.308. The van der Waals surface area contributed by atoms with Crippen molar-refractivity contribution in [2.45, 2.75) is 26.1 Å². The van der Waals surface area contributed by atoms with E-state index >= 15 is 0 Å². The van der Waals surface area contributed by atoms with Gasteiger partial charge >= 0.3 is 6.18 Å². The summed E-state index contributed by atoms with van der Waals surface area (Å²) in [4.78, 5) is 11.0. The van der Waals surface area contributed by atoms with Crippen molar-refractivity contribution < 1.29 is 18.0 Å². The number of hydrogen-bond donors (Lipinski definition) is 0. The zero-order valence-electron chi connectivity index (χ0n) is 9.95. The van der Waals surface area contributed by atoms with Crippen LogP contribution in [0.5, 0.6) is 0 Å². The van der Waals surface area contributed by atoms with E-state index in [2.05, 4.69) is 0 Å². The first-order chi connectivity index (χ1) is 8.36. The Kier molecular flexibility index (Phi) is 2.92. The molecule has 0 amide bonds. The summed E-state index contributed by atoms with van der Waals surface area (Å²) in [5.41, 5.74) is -0.255. The average molecular weight is 255 g/mol. The largest absolute Gasteiger partial charge is 0.417 e. The molecule has 0 saturated carbocycles. The van der Waals surface area contributed by atoms with Crippen molar-refractivity contribution in [3.8, 4) is 0 Å². The molecule has 2 nitrogen and oxygen atoms in total. The van der Waals surface area contributed by atoms with Gasteiger partial charge in [0.2, 0.25) is 0 Å². The lowest BCUT2D eigenvalue weighted by molar-refractivity contribution is -0.136. The molecule has 5 heteroatoms. The molecule has 1 aromatic heterocycles. The molecular weight excluding hydrogens is 243 g/mol. The first kappa shape index (κ1) is 12.7. The zero-order chi connectivity index (χ0) is 13.5. The van der Waals surface area contributed by atoms with Crippen LogP contribution in [0.2, 0.25) is 0 Å². The first-order valence-electron chi connectivity index (χ1n) is 5.52. The molecule has 1 aromatic carbocycles. The lowest BCUT2D eigenvalue weighted by Crippen LogP contribution is -2.06. The maximum absolute atomic E-state index is 12.9. The van der Waals surface area contributed by atoms with Crippen LogP contribution in [0, 0.1) is 0 Å². The molecule has 0 fully saturated rings. The molecule has 18 heavy (non-hydrogen) atoms. The molecule has 0 spiro atoms. The smallest absolute Gasteiger partial charge is 0.344 e. The number of benzene rings is 1. The van der Waals surface area contributed by atoms with E-state index in [0.29, 0.717) is 11.8 Å². The minimum atomic E-state index is -4.46. The van der Waals surface area contributed by atoms with E-state index in [9.17, 15) is 18.0 Å². The van der Waals surface area contributed by atoms with Crippen molar-refractivity contribution in [2.75, 3.05) is 0 Å². The number of hydrogen-bond acceptors (Lipinski definition) is 1. The Bertz CT molecular complexity index is 596. The average Bonchev–Trinajstić information content (AvgIpc) is 2.66. The summed E-state index contributed by atoms with van der Waals surface area (Å²) in [5, 5.41) is -0.0197. The Hall–Kier alpha value is -1.78. The molecule has 0 radical (unpaired) electrons. The molecule has 96 valence electrons. The number of carbonyl (C=O) groups excluding carboxylic acids is 1. The summed E-state index contributed by atoms with van der Waals surface area (Å²) >= 11 is 0. The van der Waals surface area contributed by atoms with E-state index in [1.807, 2.05) is 13.8 Å². The Labute approximate surface area is 102 Å². The molecule has 2 rings (SSSR count). The van der Waals surface area contributed by atoms with E-state index in [1.54, 1.807) is 10.6 Å². The SMILES string of the molecule is CC(C)n1cc(C=O)c2c(C(F)(F)F)cccc21. The topological polar surface area (TPSA) is 22.0 Å². The Morgan fingerprint density at radius 1 is 1.28 bits per heavy atom. The number of aromatic nitrogens is 1. The normalized spacial score (nSPS) is 12.3. The van der Waals surface area contributed by atoms with Gasteiger partial charge in [0, 0.05) is 28.7 Å². The standard InChI is InChI=1S/C13H12F3NO/c1-8(2)17-6-9(7-18)12-10(13(14,15)16)4-3-5-11(12)17/h3-8H,1-2H3. The molecular formula is C13H12F3NO. The third-order valence-electron chi connectivity index (χ3n) is 2.88. The number of fused-ring (bicyclic) bond motifs is 1. The summed E-state index contributed by atoms with van der Waals surface area (Å²) < 4.78 is 40.4. The maximum atomic E-state index is 12.9. The Morgan fingerprint density at radius 3 is 2.44 bits per heavy atom. The van der Waals surface area contributed by atoms with Crippen LogP contribution >= 0.6 is 0 Å². The third-order valence-corrected chi connectivity index (χ3v) is 2.88. The summed E-state index contributed by atoms with van der Waals surface area (Å²) in [5.74, 6) is 0. The van der Waals surface area contributed by atoms with Gasteiger partial charge in [-0.25, -0.2) is 0 Å². The van der Waals surface area contributed by atoms with Gasteiger partial charge in [0.05, 0.1) is 5.56 Å². The second kappa shape index (κ2) is 4.15. The predicted octanol–water partition coefficient (Wildman–Crippen LogP) is 4.05. The van der Waals surface area contributed by atoms with E-state index in [4.69, 9.17) is 0 Å². The fourth-order valence-corrected chi connectivity index (χ4v) is 2.10. The second-order valence-corrected chi connectivity index (χ2v) is 4.40. The number of aldehydes is 1. The highest BCUT2D eigenvalue weighted by atomic mass is 19.4. The molecule has 0 saturated heterocycles. The lowest BCUT2D eigenvalue weighted by atomic mass is 10.1. The van der Waals surface area contributed by atoms with Crippen molar-refractivity contribution in [2.24, 2.45) is 0 Å². The molecule has 0 unspecified atom stereocenters. The number of carbonyl (C=O) groups is 1. The molecule has 0 atom stereocenters. The van der Waals surface area contributed by atoms with Crippen molar-refractivity contribution in [3.63, 3.8) is 0 Å². The van der Waals surface area contributed by atoms with Crippen LogP contribution in [0.1, 0.15) is 35.8 Å². The van der Waals surface area contributed by atoms with Crippen LogP contribution in [0.3, 0.4) is 0 Å². The van der Waals surface area contributed by atoms with Crippen LogP contribution in [-0.2, 0) is 6.18 Å². The van der Waals surface area contributed by atoms with Crippen LogP contribution in [-0.4, -0.2) is 10.9 Å². The predicted molar refractivity (Wildman–Crippen MR) is 62.7 cm³/mol. The van der Waals surface area contributed by atoms with Crippen molar-refractivity contribution in [3.05, 3.63) is 35.5 Å². The van der Waals surface area contributed by atoms with E-state index < -0.39 is 11.7 Å². The number of nitrogens with zero attached hydrogens (tertiary/aromatic N) is 1. The highest BCUT2D eigenvalue weighted by Gasteiger charge is 2.34. The van der Waals surface area contributed by atoms with Crippen molar-refractivity contribution >= 4 is 17.2 Å². The Balaban J connectivity index is 2.88. The number of rotatable bonds is 2. The highest BCUT2D eigenvalue weighted by Crippen LogP contribution is 2.37. The summed E-state index contributed by atoms with van der Waals surface area (Å²) in [6.45, 7) is 3.71. The van der Waals surface area contributed by atoms with Gasteiger partial charge in [-0.05, 0) is 26.0 Å². The van der Waals surface area contributed by atoms with Crippen molar-refractivity contribution in [1.82, 2.24) is 4.57 Å². The van der Waals surface area contributed by atoms with Gasteiger partial charge in [-0.2, -0.15) is 13.2 Å². The maximum Gasteiger partial charge on any atom is 0.417 e. The minimum absolute atomic E-state index is 0.00955. The van der Waals surface area contributed by atoms with E-state index in [1.165, 1.54) is 12.3 Å². The minimum Gasteiger partial charge on any atom is -0.344 e. The zero-order valence-corrected chi connectivity index (χ0v) is 9.95. The molecule has 1 heterocycles. The monoisotopic (exact) mass is 255 g/mol. The summed E-state index contributed by atoms with van der Waals surface area (Å²) in [6, 6.07) is 3.95. The highest BCUT2D eigenvalue weighted by molar-refractivity contribution is 6.00. The molecule has 0 N–H and O–H groups in total. The number of alkyl halides is 3.